The topological polar surface area (TPSA) is 32.3 Å². The van der Waals surface area contributed by atoms with E-state index < -0.39 is 0 Å². The van der Waals surface area contributed by atoms with E-state index in [4.69, 9.17) is 11.6 Å². The predicted molar refractivity (Wildman–Crippen MR) is 87.8 cm³/mol. The van der Waals surface area contributed by atoms with Crippen LogP contribution in [0.25, 0.3) is 0 Å². The molecule has 0 saturated carbocycles. The zero-order valence-electron chi connectivity index (χ0n) is 12.9. The molecular formula is C17H25ClN2O. The third-order valence-corrected chi connectivity index (χ3v) is 4.20. The van der Waals surface area contributed by atoms with E-state index in [1.807, 2.05) is 0 Å². The highest BCUT2D eigenvalue weighted by Gasteiger charge is 2.21. The van der Waals surface area contributed by atoms with Crippen LogP contribution in [-0.2, 0) is 0 Å². The maximum absolute atomic E-state index is 12.0. The largest absolute Gasteiger partial charge is 0.352 e. The van der Waals surface area contributed by atoms with Gasteiger partial charge in [-0.2, -0.15) is 0 Å². The van der Waals surface area contributed by atoms with Gasteiger partial charge in [0.05, 0.1) is 0 Å². The first-order chi connectivity index (χ1) is 10.0. The van der Waals surface area contributed by atoms with E-state index in [0.29, 0.717) is 17.1 Å². The first-order valence-electron chi connectivity index (χ1n) is 7.80. The molecule has 3 nitrogen and oxygen atoms in total. The number of likely N-dealkylation sites (tertiary alicyclic amines) is 1. The molecule has 116 valence electrons. The fourth-order valence-electron chi connectivity index (χ4n) is 3.21. The minimum atomic E-state index is -0.0436. The minimum absolute atomic E-state index is 0.0436. The van der Waals surface area contributed by atoms with E-state index in [9.17, 15) is 4.79 Å². The molecule has 1 aliphatic rings. The number of piperidine rings is 1. The summed E-state index contributed by atoms with van der Waals surface area (Å²) in [6, 6.07) is 7.06. The lowest BCUT2D eigenvalue weighted by molar-refractivity contribution is 0.0947. The second-order valence-corrected chi connectivity index (χ2v) is 6.76. The van der Waals surface area contributed by atoms with Crippen LogP contribution >= 0.6 is 11.6 Å². The number of rotatable bonds is 5. The van der Waals surface area contributed by atoms with Gasteiger partial charge in [0, 0.05) is 30.2 Å². The first kappa shape index (κ1) is 16.3. The van der Waals surface area contributed by atoms with Gasteiger partial charge >= 0.3 is 0 Å². The van der Waals surface area contributed by atoms with E-state index in [-0.39, 0.29) is 5.91 Å². The number of halogens is 1. The summed E-state index contributed by atoms with van der Waals surface area (Å²) in [5.41, 5.74) is 0.628. The quantitative estimate of drug-likeness (QED) is 0.845. The van der Waals surface area contributed by atoms with Crippen molar-refractivity contribution in [1.29, 1.82) is 0 Å². The zero-order chi connectivity index (χ0) is 15.2. The van der Waals surface area contributed by atoms with Crippen molar-refractivity contribution >= 4 is 17.5 Å². The van der Waals surface area contributed by atoms with Gasteiger partial charge in [0.25, 0.3) is 5.91 Å². The summed E-state index contributed by atoms with van der Waals surface area (Å²) in [5, 5.41) is 3.56. The van der Waals surface area contributed by atoms with Gasteiger partial charge in [-0.25, -0.2) is 0 Å². The van der Waals surface area contributed by atoms with Crippen LogP contribution in [0.1, 0.15) is 37.0 Å². The Bertz CT molecular complexity index is 468. The Hall–Kier alpha value is -1.06. The third-order valence-electron chi connectivity index (χ3n) is 3.97. The summed E-state index contributed by atoms with van der Waals surface area (Å²) >= 11 is 5.89. The van der Waals surface area contributed by atoms with Crippen LogP contribution < -0.4 is 5.32 Å². The lowest BCUT2D eigenvalue weighted by atomic mass is 9.92. The Morgan fingerprint density at radius 2 is 2.05 bits per heavy atom. The van der Waals surface area contributed by atoms with Gasteiger partial charge < -0.3 is 10.2 Å². The highest BCUT2D eigenvalue weighted by atomic mass is 35.5. The summed E-state index contributed by atoms with van der Waals surface area (Å²) in [6.07, 6.45) is 2.33. The molecule has 0 bridgehead atoms. The summed E-state index contributed by atoms with van der Waals surface area (Å²) in [6.45, 7) is 8.79. The summed E-state index contributed by atoms with van der Waals surface area (Å²) < 4.78 is 0. The lowest BCUT2D eigenvalue weighted by Crippen LogP contribution is -2.40. The molecule has 1 aromatic carbocycles. The van der Waals surface area contributed by atoms with Crippen LogP contribution in [0.4, 0.5) is 0 Å². The molecule has 1 N–H and O–H groups in total. The third kappa shape index (κ3) is 5.33. The van der Waals surface area contributed by atoms with Crippen molar-refractivity contribution in [3.63, 3.8) is 0 Å². The molecule has 0 radical (unpaired) electrons. The molecule has 1 aromatic rings. The van der Waals surface area contributed by atoms with Gasteiger partial charge in [-0.15, -0.1) is 0 Å². The fourth-order valence-corrected chi connectivity index (χ4v) is 3.40. The standard InChI is InChI=1S/C17H25ClN2O/c1-13-9-14(2)12-20(11-13)8-4-7-19-17(21)15-5-3-6-16(18)10-15/h3,5-6,10,13-14H,4,7-9,11-12H2,1-2H3,(H,19,21)/t13-,14-/m0/s1. The van der Waals surface area contributed by atoms with Crippen LogP contribution in [0.5, 0.6) is 0 Å². The molecule has 0 aromatic heterocycles. The number of carbonyl (C=O) groups is 1. The monoisotopic (exact) mass is 308 g/mol. The van der Waals surface area contributed by atoms with E-state index in [2.05, 4.69) is 24.1 Å². The van der Waals surface area contributed by atoms with Crippen molar-refractivity contribution in [2.24, 2.45) is 11.8 Å². The molecule has 1 heterocycles. The highest BCUT2D eigenvalue weighted by molar-refractivity contribution is 6.30. The van der Waals surface area contributed by atoms with E-state index in [1.165, 1.54) is 19.5 Å². The summed E-state index contributed by atoms with van der Waals surface area (Å²) in [4.78, 5) is 14.5. The molecule has 1 fully saturated rings. The molecule has 2 rings (SSSR count). The number of carbonyl (C=O) groups excluding carboxylic acids is 1. The molecule has 0 unspecified atom stereocenters. The van der Waals surface area contributed by atoms with Crippen molar-refractivity contribution in [3.8, 4) is 0 Å². The average Bonchev–Trinajstić information content (AvgIpc) is 2.42. The van der Waals surface area contributed by atoms with Crippen molar-refractivity contribution in [2.75, 3.05) is 26.2 Å². The van der Waals surface area contributed by atoms with Gasteiger partial charge in [0.15, 0.2) is 0 Å². The second kappa shape index (κ2) is 7.81. The zero-order valence-corrected chi connectivity index (χ0v) is 13.7. The Kier molecular flexibility index (Phi) is 6.07. The molecule has 0 spiro atoms. The Morgan fingerprint density at radius 1 is 1.33 bits per heavy atom. The molecule has 1 saturated heterocycles. The molecule has 21 heavy (non-hydrogen) atoms. The number of nitrogens with one attached hydrogen (secondary N) is 1. The molecule has 1 aliphatic heterocycles. The molecule has 4 heteroatoms. The van der Waals surface area contributed by atoms with E-state index in [0.717, 1.165) is 24.8 Å². The number of amides is 1. The number of nitrogens with zero attached hydrogens (tertiary/aromatic N) is 1. The first-order valence-corrected chi connectivity index (χ1v) is 8.18. The number of hydrogen-bond donors (Lipinski definition) is 1. The van der Waals surface area contributed by atoms with Gasteiger partial charge in [-0.1, -0.05) is 31.5 Å². The van der Waals surface area contributed by atoms with Gasteiger partial charge in [-0.3, -0.25) is 4.79 Å². The maximum atomic E-state index is 12.0. The Labute approximate surface area is 132 Å². The lowest BCUT2D eigenvalue weighted by Gasteiger charge is -2.34. The molecule has 1 amide bonds. The van der Waals surface area contributed by atoms with Gasteiger partial charge in [0.1, 0.15) is 0 Å². The average molecular weight is 309 g/mol. The second-order valence-electron chi connectivity index (χ2n) is 6.33. The van der Waals surface area contributed by atoms with Crippen molar-refractivity contribution in [1.82, 2.24) is 10.2 Å². The van der Waals surface area contributed by atoms with Crippen LogP contribution in [0.3, 0.4) is 0 Å². The van der Waals surface area contributed by atoms with Crippen LogP contribution in [0, 0.1) is 11.8 Å². The van der Waals surface area contributed by atoms with Crippen LogP contribution in [0.15, 0.2) is 24.3 Å². The predicted octanol–water partition coefficient (Wildman–Crippen LogP) is 3.44. The smallest absolute Gasteiger partial charge is 0.251 e. The van der Waals surface area contributed by atoms with E-state index >= 15 is 0 Å². The minimum Gasteiger partial charge on any atom is -0.352 e. The molecule has 2 atom stereocenters. The highest BCUT2D eigenvalue weighted by Crippen LogP contribution is 2.20. The van der Waals surface area contributed by atoms with E-state index in [1.54, 1.807) is 24.3 Å². The number of benzene rings is 1. The van der Waals surface area contributed by atoms with Crippen LogP contribution in [-0.4, -0.2) is 37.0 Å². The summed E-state index contributed by atoms with van der Waals surface area (Å²) in [5.74, 6) is 1.53. The number of hydrogen-bond acceptors (Lipinski definition) is 2. The normalized spacial score (nSPS) is 23.0. The van der Waals surface area contributed by atoms with Crippen molar-refractivity contribution in [2.45, 2.75) is 26.7 Å². The van der Waals surface area contributed by atoms with Gasteiger partial charge in [0.2, 0.25) is 0 Å². The fraction of sp³-hybridized carbons (Fsp3) is 0.588. The summed E-state index contributed by atoms with van der Waals surface area (Å²) in [7, 11) is 0. The maximum Gasteiger partial charge on any atom is 0.251 e. The molecular weight excluding hydrogens is 284 g/mol. The van der Waals surface area contributed by atoms with Crippen molar-refractivity contribution in [3.05, 3.63) is 34.9 Å². The van der Waals surface area contributed by atoms with Crippen LogP contribution in [0.2, 0.25) is 5.02 Å². The Balaban J connectivity index is 1.69. The van der Waals surface area contributed by atoms with Crippen molar-refractivity contribution < 1.29 is 4.79 Å². The SMILES string of the molecule is C[C@H]1C[C@H](C)CN(CCCNC(=O)c2cccc(Cl)c2)C1. The molecule has 0 aliphatic carbocycles. The van der Waals surface area contributed by atoms with Gasteiger partial charge in [-0.05, 0) is 49.4 Å². The Morgan fingerprint density at radius 3 is 2.71 bits per heavy atom.